The third-order valence-electron chi connectivity index (χ3n) is 4.29. The van der Waals surface area contributed by atoms with Gasteiger partial charge in [0.05, 0.1) is 5.56 Å². The van der Waals surface area contributed by atoms with E-state index in [2.05, 4.69) is 26.1 Å². The number of fused-ring (bicyclic) bond motifs is 1. The fraction of sp³-hybridized carbons (Fsp3) is 0.533. The molecular formula is C15H19BrN2O. The van der Waals surface area contributed by atoms with E-state index in [0.717, 1.165) is 28.6 Å². The maximum atomic E-state index is 12.4. The van der Waals surface area contributed by atoms with Crippen molar-refractivity contribution in [3.8, 4) is 0 Å². The van der Waals surface area contributed by atoms with E-state index in [1.807, 2.05) is 25.1 Å². The molecule has 0 aromatic heterocycles. The number of rotatable bonds is 2. The zero-order chi connectivity index (χ0) is 13.4. The number of hydrogen-bond acceptors (Lipinski definition) is 2. The quantitative estimate of drug-likeness (QED) is 0.908. The highest BCUT2D eigenvalue weighted by molar-refractivity contribution is 9.10. The van der Waals surface area contributed by atoms with Crippen LogP contribution in [0.1, 0.15) is 35.2 Å². The van der Waals surface area contributed by atoms with E-state index in [9.17, 15) is 4.79 Å². The Morgan fingerprint density at radius 1 is 1.37 bits per heavy atom. The van der Waals surface area contributed by atoms with Crippen LogP contribution in [-0.2, 0) is 0 Å². The Labute approximate surface area is 122 Å². The van der Waals surface area contributed by atoms with Gasteiger partial charge in [-0.05, 0) is 66.4 Å². The number of carbonyl (C=O) groups is 1. The van der Waals surface area contributed by atoms with E-state index >= 15 is 0 Å². The number of hydrogen-bond donors (Lipinski definition) is 1. The van der Waals surface area contributed by atoms with Crippen LogP contribution in [0, 0.1) is 6.92 Å². The topological polar surface area (TPSA) is 32.3 Å². The number of carbonyl (C=O) groups excluding carboxylic acids is 1. The second-order valence-electron chi connectivity index (χ2n) is 5.60. The number of halogens is 1. The molecule has 0 saturated carbocycles. The molecule has 0 spiro atoms. The van der Waals surface area contributed by atoms with Crippen LogP contribution >= 0.6 is 15.9 Å². The molecule has 3 rings (SSSR count). The maximum Gasteiger partial charge on any atom is 0.252 e. The summed E-state index contributed by atoms with van der Waals surface area (Å²) in [6.45, 7) is 4.36. The predicted octanol–water partition coefficient (Wildman–Crippen LogP) is 2.72. The minimum absolute atomic E-state index is 0.0469. The molecule has 0 bridgehead atoms. The summed E-state index contributed by atoms with van der Waals surface area (Å²) in [7, 11) is 0. The van der Waals surface area contributed by atoms with Crippen molar-refractivity contribution in [1.29, 1.82) is 0 Å². The molecule has 2 unspecified atom stereocenters. The molecule has 19 heavy (non-hydrogen) atoms. The van der Waals surface area contributed by atoms with Gasteiger partial charge in [0.1, 0.15) is 0 Å². The first-order valence-electron chi connectivity index (χ1n) is 6.96. The van der Waals surface area contributed by atoms with Gasteiger partial charge in [0, 0.05) is 23.1 Å². The Morgan fingerprint density at radius 2 is 2.21 bits per heavy atom. The third-order valence-corrected chi connectivity index (χ3v) is 4.95. The van der Waals surface area contributed by atoms with Crippen molar-refractivity contribution in [2.45, 2.75) is 38.3 Å². The lowest BCUT2D eigenvalue weighted by Gasteiger charge is -2.21. The molecule has 1 amide bonds. The van der Waals surface area contributed by atoms with Crippen molar-refractivity contribution < 1.29 is 4.79 Å². The normalized spacial score (nSPS) is 26.4. The molecule has 2 aliphatic rings. The lowest BCUT2D eigenvalue weighted by Crippen LogP contribution is -2.42. The second-order valence-corrected chi connectivity index (χ2v) is 6.45. The molecule has 1 aromatic carbocycles. The number of nitrogens with one attached hydrogen (secondary N) is 1. The number of aryl methyl sites for hydroxylation is 1. The second kappa shape index (κ2) is 5.25. The summed E-state index contributed by atoms with van der Waals surface area (Å²) in [5.74, 6) is 0.0469. The van der Waals surface area contributed by atoms with Crippen molar-refractivity contribution in [2.75, 3.05) is 13.1 Å². The van der Waals surface area contributed by atoms with Crippen LogP contribution in [0.15, 0.2) is 22.7 Å². The number of amides is 1. The Morgan fingerprint density at radius 3 is 3.00 bits per heavy atom. The van der Waals surface area contributed by atoms with E-state index in [0.29, 0.717) is 12.1 Å². The average molecular weight is 323 g/mol. The summed E-state index contributed by atoms with van der Waals surface area (Å²) in [6, 6.07) is 6.76. The van der Waals surface area contributed by atoms with Gasteiger partial charge in [0.15, 0.2) is 0 Å². The highest BCUT2D eigenvalue weighted by Crippen LogP contribution is 2.28. The summed E-state index contributed by atoms with van der Waals surface area (Å²) in [4.78, 5) is 14.9. The molecule has 2 atom stereocenters. The van der Waals surface area contributed by atoms with E-state index in [-0.39, 0.29) is 5.91 Å². The molecule has 102 valence electrons. The van der Waals surface area contributed by atoms with Crippen molar-refractivity contribution in [1.82, 2.24) is 10.2 Å². The van der Waals surface area contributed by atoms with Crippen LogP contribution in [0.5, 0.6) is 0 Å². The molecule has 2 saturated heterocycles. The summed E-state index contributed by atoms with van der Waals surface area (Å²) in [6.07, 6.45) is 3.57. The van der Waals surface area contributed by atoms with E-state index in [4.69, 9.17) is 0 Å². The largest absolute Gasteiger partial charge is 0.348 e. The zero-order valence-corrected chi connectivity index (χ0v) is 12.7. The van der Waals surface area contributed by atoms with Gasteiger partial charge in [-0.25, -0.2) is 0 Å². The predicted molar refractivity (Wildman–Crippen MR) is 79.3 cm³/mol. The highest BCUT2D eigenvalue weighted by Gasteiger charge is 2.37. The fourth-order valence-corrected chi connectivity index (χ4v) is 3.97. The monoisotopic (exact) mass is 322 g/mol. The molecule has 1 aromatic rings. The third kappa shape index (κ3) is 2.56. The van der Waals surface area contributed by atoms with Crippen molar-refractivity contribution in [3.05, 3.63) is 33.8 Å². The summed E-state index contributed by atoms with van der Waals surface area (Å²) in [5.41, 5.74) is 1.90. The van der Waals surface area contributed by atoms with E-state index in [1.165, 1.54) is 19.4 Å². The Balaban J connectivity index is 1.71. The van der Waals surface area contributed by atoms with Crippen LogP contribution in [0.3, 0.4) is 0 Å². The molecule has 4 heteroatoms. The number of benzene rings is 1. The lowest BCUT2D eigenvalue weighted by atomic mass is 10.1. The molecule has 2 fully saturated rings. The summed E-state index contributed by atoms with van der Waals surface area (Å²) < 4.78 is 0.881. The van der Waals surface area contributed by atoms with Crippen LogP contribution in [0.2, 0.25) is 0 Å². The van der Waals surface area contributed by atoms with Crippen molar-refractivity contribution >= 4 is 21.8 Å². The molecular weight excluding hydrogens is 304 g/mol. The summed E-state index contributed by atoms with van der Waals surface area (Å²) in [5, 5.41) is 3.22. The van der Waals surface area contributed by atoms with Crippen LogP contribution in [0.25, 0.3) is 0 Å². The molecule has 0 radical (unpaired) electrons. The molecule has 0 aliphatic carbocycles. The smallest absolute Gasteiger partial charge is 0.252 e. The first-order valence-corrected chi connectivity index (χ1v) is 7.75. The van der Waals surface area contributed by atoms with Gasteiger partial charge < -0.3 is 5.32 Å². The molecule has 2 aliphatic heterocycles. The van der Waals surface area contributed by atoms with E-state index < -0.39 is 0 Å². The zero-order valence-electron chi connectivity index (χ0n) is 11.2. The lowest BCUT2D eigenvalue weighted by molar-refractivity contribution is 0.0928. The van der Waals surface area contributed by atoms with Gasteiger partial charge in [0.25, 0.3) is 5.91 Å². The van der Waals surface area contributed by atoms with Crippen LogP contribution in [-0.4, -0.2) is 36.0 Å². The Kier molecular flexibility index (Phi) is 3.63. The fourth-order valence-electron chi connectivity index (χ4n) is 3.30. The average Bonchev–Trinajstić information content (AvgIpc) is 2.94. The molecule has 3 nitrogen and oxygen atoms in total. The van der Waals surface area contributed by atoms with Gasteiger partial charge in [0.2, 0.25) is 0 Å². The molecule has 1 N–H and O–H groups in total. The van der Waals surface area contributed by atoms with Gasteiger partial charge in [-0.3, -0.25) is 9.69 Å². The van der Waals surface area contributed by atoms with Crippen molar-refractivity contribution in [3.63, 3.8) is 0 Å². The van der Waals surface area contributed by atoms with Crippen LogP contribution in [0.4, 0.5) is 0 Å². The standard InChI is InChI=1S/C15H19BrN2O/c1-10-4-5-11(12(16)9-10)15(19)17-13-6-8-18-7-2-3-14(13)18/h4-5,9,13-14H,2-3,6-8H2,1H3,(H,17,19). The minimum atomic E-state index is 0.0469. The Bertz CT molecular complexity index is 503. The van der Waals surface area contributed by atoms with Gasteiger partial charge in [-0.15, -0.1) is 0 Å². The van der Waals surface area contributed by atoms with Gasteiger partial charge >= 0.3 is 0 Å². The first kappa shape index (κ1) is 13.1. The van der Waals surface area contributed by atoms with Crippen molar-refractivity contribution in [2.24, 2.45) is 0 Å². The highest BCUT2D eigenvalue weighted by atomic mass is 79.9. The Hall–Kier alpha value is -0.870. The SMILES string of the molecule is Cc1ccc(C(=O)NC2CCN3CCCC23)c(Br)c1. The minimum Gasteiger partial charge on any atom is -0.348 e. The van der Waals surface area contributed by atoms with Crippen LogP contribution < -0.4 is 5.32 Å². The number of nitrogens with zero attached hydrogens (tertiary/aromatic N) is 1. The maximum absolute atomic E-state index is 12.4. The molecule has 2 heterocycles. The summed E-state index contributed by atoms with van der Waals surface area (Å²) >= 11 is 3.48. The van der Waals surface area contributed by atoms with Gasteiger partial charge in [-0.2, -0.15) is 0 Å². The van der Waals surface area contributed by atoms with Gasteiger partial charge in [-0.1, -0.05) is 6.07 Å². The first-order chi connectivity index (χ1) is 9.15. The van der Waals surface area contributed by atoms with E-state index in [1.54, 1.807) is 0 Å².